The summed E-state index contributed by atoms with van der Waals surface area (Å²) in [6.45, 7) is 5.62. The third kappa shape index (κ3) is 2.59. The summed E-state index contributed by atoms with van der Waals surface area (Å²) in [4.78, 5) is 0. The molecule has 1 aromatic carbocycles. The van der Waals surface area contributed by atoms with Crippen molar-refractivity contribution in [1.29, 1.82) is 0 Å². The third-order valence-corrected chi connectivity index (χ3v) is 2.94. The monoisotopic (exact) mass is 247 g/mol. The van der Waals surface area contributed by atoms with Crippen LogP contribution in [0.4, 0.5) is 4.39 Å². The SMILES string of the molecule is CCNCc1ccc(F)cc1-c1cn(C)nc1C. The molecule has 0 spiro atoms. The van der Waals surface area contributed by atoms with E-state index in [4.69, 9.17) is 0 Å². The van der Waals surface area contributed by atoms with Gasteiger partial charge in [0, 0.05) is 25.4 Å². The van der Waals surface area contributed by atoms with Crippen LogP contribution in [0.15, 0.2) is 24.4 Å². The first-order chi connectivity index (χ1) is 8.61. The largest absolute Gasteiger partial charge is 0.313 e. The number of nitrogens with one attached hydrogen (secondary N) is 1. The number of hydrogen-bond acceptors (Lipinski definition) is 2. The molecule has 1 aromatic heterocycles. The van der Waals surface area contributed by atoms with Gasteiger partial charge in [0.05, 0.1) is 5.69 Å². The summed E-state index contributed by atoms with van der Waals surface area (Å²) >= 11 is 0. The van der Waals surface area contributed by atoms with E-state index >= 15 is 0 Å². The van der Waals surface area contributed by atoms with E-state index in [-0.39, 0.29) is 5.82 Å². The second-order valence-corrected chi connectivity index (χ2v) is 4.38. The van der Waals surface area contributed by atoms with Crippen molar-refractivity contribution in [3.63, 3.8) is 0 Å². The van der Waals surface area contributed by atoms with Crippen molar-refractivity contribution in [2.24, 2.45) is 7.05 Å². The molecule has 0 unspecified atom stereocenters. The molecule has 18 heavy (non-hydrogen) atoms. The first-order valence-corrected chi connectivity index (χ1v) is 6.11. The molecule has 2 aromatic rings. The van der Waals surface area contributed by atoms with Crippen LogP contribution >= 0.6 is 0 Å². The van der Waals surface area contributed by atoms with Crippen LogP contribution in [-0.2, 0) is 13.6 Å². The van der Waals surface area contributed by atoms with Gasteiger partial charge in [0.1, 0.15) is 5.82 Å². The number of aromatic nitrogens is 2. The van der Waals surface area contributed by atoms with Crippen molar-refractivity contribution >= 4 is 0 Å². The van der Waals surface area contributed by atoms with E-state index in [1.807, 2.05) is 26.2 Å². The number of nitrogens with zero attached hydrogens (tertiary/aromatic N) is 2. The van der Waals surface area contributed by atoms with Crippen LogP contribution in [0.1, 0.15) is 18.2 Å². The van der Waals surface area contributed by atoms with E-state index in [1.165, 1.54) is 6.07 Å². The van der Waals surface area contributed by atoms with E-state index < -0.39 is 0 Å². The second-order valence-electron chi connectivity index (χ2n) is 4.38. The smallest absolute Gasteiger partial charge is 0.123 e. The average Bonchev–Trinajstić information content (AvgIpc) is 2.67. The maximum Gasteiger partial charge on any atom is 0.123 e. The Bertz CT molecular complexity index is 546. The lowest BCUT2D eigenvalue weighted by Crippen LogP contribution is -2.12. The molecule has 1 heterocycles. The van der Waals surface area contributed by atoms with Crippen LogP contribution in [0.3, 0.4) is 0 Å². The zero-order valence-electron chi connectivity index (χ0n) is 11.0. The van der Waals surface area contributed by atoms with Crippen molar-refractivity contribution in [3.05, 3.63) is 41.5 Å². The van der Waals surface area contributed by atoms with Gasteiger partial charge in [-0.1, -0.05) is 13.0 Å². The maximum absolute atomic E-state index is 13.4. The molecule has 0 bridgehead atoms. The fraction of sp³-hybridized carbons (Fsp3) is 0.357. The minimum absolute atomic E-state index is 0.214. The van der Waals surface area contributed by atoms with Crippen LogP contribution in [0.2, 0.25) is 0 Å². The lowest BCUT2D eigenvalue weighted by Gasteiger charge is -2.09. The Morgan fingerprint density at radius 3 is 2.72 bits per heavy atom. The molecule has 0 saturated carbocycles. The Labute approximate surface area is 107 Å². The molecule has 2 rings (SSSR count). The van der Waals surface area contributed by atoms with Crippen LogP contribution in [0.5, 0.6) is 0 Å². The summed E-state index contributed by atoms with van der Waals surface area (Å²) in [7, 11) is 1.87. The summed E-state index contributed by atoms with van der Waals surface area (Å²) in [5.74, 6) is -0.214. The van der Waals surface area contributed by atoms with Crippen LogP contribution < -0.4 is 5.32 Å². The first kappa shape index (κ1) is 12.8. The molecular formula is C14H18FN3. The van der Waals surface area contributed by atoms with Gasteiger partial charge in [-0.15, -0.1) is 0 Å². The summed E-state index contributed by atoms with van der Waals surface area (Å²) in [5.41, 5.74) is 3.92. The average molecular weight is 247 g/mol. The summed E-state index contributed by atoms with van der Waals surface area (Å²) in [6, 6.07) is 4.92. The quantitative estimate of drug-likeness (QED) is 0.900. The molecule has 0 radical (unpaired) electrons. The van der Waals surface area contributed by atoms with E-state index in [1.54, 1.807) is 10.7 Å². The van der Waals surface area contributed by atoms with Crippen molar-refractivity contribution in [3.8, 4) is 11.1 Å². The highest BCUT2D eigenvalue weighted by Crippen LogP contribution is 2.27. The molecule has 0 aliphatic carbocycles. The van der Waals surface area contributed by atoms with Gasteiger partial charge in [-0.3, -0.25) is 4.68 Å². The molecule has 3 nitrogen and oxygen atoms in total. The van der Waals surface area contributed by atoms with Crippen LogP contribution in [-0.4, -0.2) is 16.3 Å². The number of benzene rings is 1. The maximum atomic E-state index is 13.4. The molecule has 0 fully saturated rings. The highest BCUT2D eigenvalue weighted by molar-refractivity contribution is 5.69. The standard InChI is InChI=1S/C14H18FN3/c1-4-16-8-11-5-6-12(15)7-13(11)14-9-18(3)17-10(14)2/h5-7,9,16H,4,8H2,1-3H3. The second kappa shape index (κ2) is 5.31. The van der Waals surface area contributed by atoms with Gasteiger partial charge in [-0.25, -0.2) is 4.39 Å². The lowest BCUT2D eigenvalue weighted by molar-refractivity contribution is 0.626. The van der Waals surface area contributed by atoms with Gasteiger partial charge in [-0.05, 0) is 36.7 Å². The lowest BCUT2D eigenvalue weighted by atomic mass is 10.00. The highest BCUT2D eigenvalue weighted by Gasteiger charge is 2.11. The van der Waals surface area contributed by atoms with Crippen molar-refractivity contribution in [2.45, 2.75) is 20.4 Å². The van der Waals surface area contributed by atoms with Gasteiger partial charge in [0.25, 0.3) is 0 Å². The molecule has 96 valence electrons. The zero-order chi connectivity index (χ0) is 13.1. The third-order valence-electron chi connectivity index (χ3n) is 2.94. The number of hydrogen-bond donors (Lipinski definition) is 1. The highest BCUT2D eigenvalue weighted by atomic mass is 19.1. The predicted molar refractivity (Wildman–Crippen MR) is 70.7 cm³/mol. The zero-order valence-corrected chi connectivity index (χ0v) is 11.0. The fourth-order valence-electron chi connectivity index (χ4n) is 2.08. The minimum atomic E-state index is -0.214. The molecule has 0 amide bonds. The molecule has 0 aliphatic heterocycles. The Morgan fingerprint density at radius 2 is 2.11 bits per heavy atom. The van der Waals surface area contributed by atoms with E-state index in [0.717, 1.165) is 35.5 Å². The number of rotatable bonds is 4. The molecular weight excluding hydrogens is 229 g/mol. The van der Waals surface area contributed by atoms with Crippen molar-refractivity contribution in [1.82, 2.24) is 15.1 Å². The minimum Gasteiger partial charge on any atom is -0.313 e. The van der Waals surface area contributed by atoms with Crippen molar-refractivity contribution in [2.75, 3.05) is 6.54 Å². The summed E-state index contributed by atoms with van der Waals surface area (Å²) in [5, 5.41) is 7.58. The Hall–Kier alpha value is -1.68. The number of halogens is 1. The molecule has 4 heteroatoms. The van der Waals surface area contributed by atoms with Gasteiger partial charge < -0.3 is 5.32 Å². The molecule has 0 saturated heterocycles. The van der Waals surface area contributed by atoms with Crippen molar-refractivity contribution < 1.29 is 4.39 Å². The van der Waals surface area contributed by atoms with E-state index in [2.05, 4.69) is 17.3 Å². The molecule has 0 atom stereocenters. The van der Waals surface area contributed by atoms with Gasteiger partial charge in [0.15, 0.2) is 0 Å². The fourth-order valence-corrected chi connectivity index (χ4v) is 2.08. The van der Waals surface area contributed by atoms with Gasteiger partial charge in [-0.2, -0.15) is 5.10 Å². The number of aryl methyl sites for hydroxylation is 2. The first-order valence-electron chi connectivity index (χ1n) is 6.11. The van der Waals surface area contributed by atoms with Gasteiger partial charge in [0.2, 0.25) is 0 Å². The van der Waals surface area contributed by atoms with E-state index in [0.29, 0.717) is 0 Å². The Morgan fingerprint density at radius 1 is 1.33 bits per heavy atom. The summed E-state index contributed by atoms with van der Waals surface area (Å²) in [6.07, 6.45) is 1.93. The van der Waals surface area contributed by atoms with Gasteiger partial charge >= 0.3 is 0 Å². The normalized spacial score (nSPS) is 10.9. The Balaban J connectivity index is 2.47. The van der Waals surface area contributed by atoms with Crippen LogP contribution in [0.25, 0.3) is 11.1 Å². The van der Waals surface area contributed by atoms with E-state index in [9.17, 15) is 4.39 Å². The topological polar surface area (TPSA) is 29.9 Å². The predicted octanol–water partition coefficient (Wildman–Crippen LogP) is 2.64. The Kier molecular flexibility index (Phi) is 3.77. The molecule has 0 aliphatic rings. The van der Waals surface area contributed by atoms with Crippen LogP contribution in [0, 0.1) is 12.7 Å². The summed E-state index contributed by atoms with van der Waals surface area (Å²) < 4.78 is 15.2. The molecule has 1 N–H and O–H groups in total.